The average Bonchev–Trinajstić information content (AvgIpc) is 3.46. The molecule has 0 atom stereocenters. The number of pyridine rings is 1. The van der Waals surface area contributed by atoms with Crippen molar-refractivity contribution in [2.24, 2.45) is 0 Å². The number of rotatable bonds is 6. The topological polar surface area (TPSA) is 74.8 Å². The van der Waals surface area contributed by atoms with Gasteiger partial charge in [0.05, 0.1) is 5.69 Å². The lowest BCUT2D eigenvalue weighted by atomic mass is 10.1. The SMILES string of the molecule is Cc1cccnc1NCCNc1nc(C2CC2)nc2c1CCNCC2. The lowest BCUT2D eigenvalue weighted by molar-refractivity contribution is 0.707. The highest BCUT2D eigenvalue weighted by molar-refractivity contribution is 5.49. The van der Waals surface area contributed by atoms with E-state index in [1.807, 2.05) is 12.3 Å². The van der Waals surface area contributed by atoms with Gasteiger partial charge in [0.15, 0.2) is 0 Å². The fraction of sp³-hybridized carbons (Fsp3) is 0.526. The Hall–Kier alpha value is -2.21. The molecule has 6 heteroatoms. The molecule has 1 aliphatic carbocycles. The molecule has 3 N–H and O–H groups in total. The zero-order valence-corrected chi connectivity index (χ0v) is 14.8. The summed E-state index contributed by atoms with van der Waals surface area (Å²) in [6.45, 7) is 5.71. The molecule has 25 heavy (non-hydrogen) atoms. The number of nitrogens with zero attached hydrogens (tertiary/aromatic N) is 3. The van der Waals surface area contributed by atoms with E-state index >= 15 is 0 Å². The lowest BCUT2D eigenvalue weighted by Gasteiger charge is -2.15. The fourth-order valence-corrected chi connectivity index (χ4v) is 3.27. The van der Waals surface area contributed by atoms with Crippen LogP contribution in [-0.4, -0.2) is 41.1 Å². The molecule has 6 nitrogen and oxygen atoms in total. The molecular weight excluding hydrogens is 312 g/mol. The van der Waals surface area contributed by atoms with Crippen molar-refractivity contribution in [2.75, 3.05) is 36.8 Å². The third-order valence-corrected chi connectivity index (χ3v) is 4.86. The van der Waals surface area contributed by atoms with Crippen LogP contribution in [0.15, 0.2) is 18.3 Å². The van der Waals surface area contributed by atoms with Crippen LogP contribution >= 0.6 is 0 Å². The summed E-state index contributed by atoms with van der Waals surface area (Å²) in [5.41, 5.74) is 3.70. The average molecular weight is 338 g/mol. The van der Waals surface area contributed by atoms with E-state index in [0.29, 0.717) is 5.92 Å². The maximum atomic E-state index is 4.87. The van der Waals surface area contributed by atoms with Gasteiger partial charge in [-0.1, -0.05) is 6.07 Å². The molecule has 1 fully saturated rings. The smallest absolute Gasteiger partial charge is 0.134 e. The van der Waals surface area contributed by atoms with Crippen molar-refractivity contribution >= 4 is 11.6 Å². The van der Waals surface area contributed by atoms with Crippen molar-refractivity contribution in [1.82, 2.24) is 20.3 Å². The summed E-state index contributed by atoms with van der Waals surface area (Å²) < 4.78 is 0. The predicted octanol–water partition coefficient (Wildman–Crippen LogP) is 2.27. The second kappa shape index (κ2) is 7.35. The van der Waals surface area contributed by atoms with Crippen molar-refractivity contribution in [2.45, 2.75) is 38.5 Å². The van der Waals surface area contributed by atoms with Gasteiger partial charge in [-0.15, -0.1) is 0 Å². The van der Waals surface area contributed by atoms with Gasteiger partial charge in [-0.3, -0.25) is 0 Å². The highest BCUT2D eigenvalue weighted by Crippen LogP contribution is 2.39. The Balaban J connectivity index is 1.44. The lowest BCUT2D eigenvalue weighted by Crippen LogP contribution is -2.18. The number of aryl methyl sites for hydroxylation is 1. The van der Waals surface area contributed by atoms with E-state index in [4.69, 9.17) is 9.97 Å². The Labute approximate surface area is 148 Å². The molecule has 132 valence electrons. The summed E-state index contributed by atoms with van der Waals surface area (Å²) in [4.78, 5) is 14.1. The van der Waals surface area contributed by atoms with Crippen LogP contribution < -0.4 is 16.0 Å². The minimum Gasteiger partial charge on any atom is -0.368 e. The molecule has 2 aromatic heterocycles. The maximum absolute atomic E-state index is 4.87. The highest BCUT2D eigenvalue weighted by Gasteiger charge is 2.28. The summed E-state index contributed by atoms with van der Waals surface area (Å²) in [6.07, 6.45) is 6.28. The normalized spacial score (nSPS) is 16.8. The van der Waals surface area contributed by atoms with Crippen molar-refractivity contribution in [3.8, 4) is 0 Å². The van der Waals surface area contributed by atoms with E-state index in [0.717, 1.165) is 56.5 Å². The van der Waals surface area contributed by atoms with Gasteiger partial charge >= 0.3 is 0 Å². The second-order valence-corrected chi connectivity index (χ2v) is 6.90. The number of anilines is 2. The molecular formula is C19H26N6. The van der Waals surface area contributed by atoms with Crippen molar-refractivity contribution in [1.29, 1.82) is 0 Å². The van der Waals surface area contributed by atoms with Crippen LogP contribution in [0, 0.1) is 6.92 Å². The Morgan fingerprint density at radius 1 is 1.08 bits per heavy atom. The van der Waals surface area contributed by atoms with Crippen LogP contribution in [-0.2, 0) is 12.8 Å². The van der Waals surface area contributed by atoms with Crippen molar-refractivity contribution in [3.05, 3.63) is 41.0 Å². The highest BCUT2D eigenvalue weighted by atomic mass is 15.1. The van der Waals surface area contributed by atoms with E-state index in [9.17, 15) is 0 Å². The van der Waals surface area contributed by atoms with E-state index in [1.54, 1.807) is 0 Å². The first-order valence-corrected chi connectivity index (χ1v) is 9.31. The van der Waals surface area contributed by atoms with Crippen molar-refractivity contribution in [3.63, 3.8) is 0 Å². The quantitative estimate of drug-likeness (QED) is 0.702. The van der Waals surface area contributed by atoms with Gasteiger partial charge in [-0.05, 0) is 44.4 Å². The molecule has 1 saturated carbocycles. The van der Waals surface area contributed by atoms with Crippen LogP contribution in [0.5, 0.6) is 0 Å². The standard InChI is InChI=1S/C19H26N6/c1-13-3-2-8-21-17(13)22-11-12-23-19-15-6-9-20-10-7-16(15)24-18(25-19)14-4-5-14/h2-3,8,14,20H,4-7,9-12H2,1H3,(H,21,22)(H,23,24,25). The largest absolute Gasteiger partial charge is 0.368 e. The van der Waals surface area contributed by atoms with Crippen LogP contribution in [0.4, 0.5) is 11.6 Å². The molecule has 3 heterocycles. The Bertz CT molecular complexity index is 741. The van der Waals surface area contributed by atoms with Gasteiger partial charge < -0.3 is 16.0 Å². The van der Waals surface area contributed by atoms with Crippen LogP contribution in [0.2, 0.25) is 0 Å². The van der Waals surface area contributed by atoms with Gasteiger partial charge in [0.2, 0.25) is 0 Å². The minimum absolute atomic E-state index is 0.580. The zero-order chi connectivity index (χ0) is 17.1. The van der Waals surface area contributed by atoms with Crippen LogP contribution in [0.3, 0.4) is 0 Å². The van der Waals surface area contributed by atoms with E-state index in [2.05, 4.69) is 33.9 Å². The molecule has 2 aliphatic rings. The Morgan fingerprint density at radius 2 is 1.88 bits per heavy atom. The van der Waals surface area contributed by atoms with Gasteiger partial charge in [0.25, 0.3) is 0 Å². The summed E-state index contributed by atoms with van der Waals surface area (Å²) >= 11 is 0. The Kier molecular flexibility index (Phi) is 4.78. The monoisotopic (exact) mass is 338 g/mol. The number of hydrogen-bond donors (Lipinski definition) is 3. The summed E-state index contributed by atoms with van der Waals surface area (Å²) in [6, 6.07) is 4.03. The van der Waals surface area contributed by atoms with E-state index in [-0.39, 0.29) is 0 Å². The van der Waals surface area contributed by atoms with Gasteiger partial charge in [0.1, 0.15) is 17.5 Å². The van der Waals surface area contributed by atoms with Crippen molar-refractivity contribution < 1.29 is 0 Å². The van der Waals surface area contributed by atoms with Crippen LogP contribution in [0.25, 0.3) is 0 Å². The maximum Gasteiger partial charge on any atom is 0.134 e. The fourth-order valence-electron chi connectivity index (χ4n) is 3.27. The number of fused-ring (bicyclic) bond motifs is 1. The third-order valence-electron chi connectivity index (χ3n) is 4.86. The number of nitrogens with one attached hydrogen (secondary N) is 3. The predicted molar refractivity (Wildman–Crippen MR) is 100 cm³/mol. The first-order valence-electron chi connectivity index (χ1n) is 9.31. The molecule has 0 amide bonds. The molecule has 0 saturated heterocycles. The summed E-state index contributed by atoms with van der Waals surface area (Å²) in [5, 5.41) is 10.4. The van der Waals surface area contributed by atoms with Gasteiger partial charge in [0, 0.05) is 43.7 Å². The number of hydrogen-bond acceptors (Lipinski definition) is 6. The van der Waals surface area contributed by atoms with E-state index < -0.39 is 0 Å². The summed E-state index contributed by atoms with van der Waals surface area (Å²) in [5.74, 6) is 3.61. The molecule has 0 bridgehead atoms. The third kappa shape index (κ3) is 3.90. The molecule has 0 radical (unpaired) electrons. The first kappa shape index (κ1) is 16.3. The molecule has 0 spiro atoms. The number of aromatic nitrogens is 3. The molecule has 0 aromatic carbocycles. The van der Waals surface area contributed by atoms with E-state index in [1.165, 1.54) is 29.7 Å². The molecule has 0 unspecified atom stereocenters. The summed E-state index contributed by atoms with van der Waals surface area (Å²) in [7, 11) is 0. The Morgan fingerprint density at radius 3 is 2.68 bits per heavy atom. The first-order chi connectivity index (χ1) is 12.3. The zero-order valence-electron chi connectivity index (χ0n) is 14.8. The molecule has 4 rings (SSSR count). The minimum atomic E-state index is 0.580. The molecule has 2 aromatic rings. The van der Waals surface area contributed by atoms with Gasteiger partial charge in [-0.25, -0.2) is 15.0 Å². The van der Waals surface area contributed by atoms with Gasteiger partial charge in [-0.2, -0.15) is 0 Å². The second-order valence-electron chi connectivity index (χ2n) is 6.90. The molecule has 1 aliphatic heterocycles. The van der Waals surface area contributed by atoms with Crippen LogP contribution in [0.1, 0.15) is 41.4 Å².